The van der Waals surface area contributed by atoms with Crippen molar-refractivity contribution in [2.75, 3.05) is 20.2 Å². The Balaban J connectivity index is 1.68. The first-order chi connectivity index (χ1) is 10.3. The van der Waals surface area contributed by atoms with Crippen molar-refractivity contribution in [1.29, 1.82) is 0 Å². The van der Waals surface area contributed by atoms with E-state index in [0.717, 1.165) is 25.5 Å². The fourth-order valence-electron chi connectivity index (χ4n) is 4.08. The van der Waals surface area contributed by atoms with Gasteiger partial charge in [0.05, 0.1) is 6.10 Å². The molecular weight excluding hydrogens is 278 g/mol. The van der Waals surface area contributed by atoms with E-state index in [9.17, 15) is 0 Å². The minimum Gasteiger partial charge on any atom is -0.377 e. The van der Waals surface area contributed by atoms with E-state index in [1.165, 1.54) is 34.9 Å². The number of hydrogen-bond acceptors (Lipinski definition) is 3. The van der Waals surface area contributed by atoms with Gasteiger partial charge in [-0.3, -0.25) is 0 Å². The summed E-state index contributed by atoms with van der Waals surface area (Å²) in [6.45, 7) is 2.00. The van der Waals surface area contributed by atoms with Crippen LogP contribution >= 0.6 is 11.3 Å². The Morgan fingerprint density at radius 2 is 2.19 bits per heavy atom. The van der Waals surface area contributed by atoms with E-state index in [4.69, 9.17) is 4.74 Å². The SMILES string of the molecule is CNCC1(Cc2csc3ccccc23)CCOC1C1CC1. The predicted molar refractivity (Wildman–Crippen MR) is 89.0 cm³/mol. The molecular formula is C18H23NOS. The minimum absolute atomic E-state index is 0.291. The summed E-state index contributed by atoms with van der Waals surface area (Å²) in [7, 11) is 2.08. The van der Waals surface area contributed by atoms with E-state index in [-0.39, 0.29) is 0 Å². The summed E-state index contributed by atoms with van der Waals surface area (Å²) in [5.74, 6) is 0.811. The molecule has 1 aromatic heterocycles. The fraction of sp³-hybridized carbons (Fsp3) is 0.556. The van der Waals surface area contributed by atoms with Crippen molar-refractivity contribution < 1.29 is 4.74 Å². The van der Waals surface area contributed by atoms with Crippen molar-refractivity contribution in [3.63, 3.8) is 0 Å². The Hall–Kier alpha value is -0.900. The molecule has 1 saturated heterocycles. The van der Waals surface area contributed by atoms with Gasteiger partial charge < -0.3 is 10.1 Å². The molecule has 2 atom stereocenters. The zero-order valence-electron chi connectivity index (χ0n) is 12.6. The van der Waals surface area contributed by atoms with E-state index >= 15 is 0 Å². The maximum absolute atomic E-state index is 6.17. The van der Waals surface area contributed by atoms with E-state index in [2.05, 4.69) is 42.0 Å². The first-order valence-corrected chi connectivity index (χ1v) is 8.92. The van der Waals surface area contributed by atoms with Gasteiger partial charge in [-0.15, -0.1) is 11.3 Å². The summed E-state index contributed by atoms with van der Waals surface area (Å²) in [5.41, 5.74) is 1.81. The summed E-state index contributed by atoms with van der Waals surface area (Å²) in [6.07, 6.45) is 5.53. The lowest BCUT2D eigenvalue weighted by molar-refractivity contribution is 0.0316. The highest BCUT2D eigenvalue weighted by Gasteiger charge is 2.50. The molecule has 0 bridgehead atoms. The molecule has 1 aliphatic heterocycles. The average molecular weight is 301 g/mol. The van der Waals surface area contributed by atoms with Crippen LogP contribution in [0.3, 0.4) is 0 Å². The van der Waals surface area contributed by atoms with Crippen molar-refractivity contribution >= 4 is 21.4 Å². The molecule has 2 fully saturated rings. The van der Waals surface area contributed by atoms with Gasteiger partial charge >= 0.3 is 0 Å². The molecule has 1 saturated carbocycles. The molecule has 2 aromatic rings. The van der Waals surface area contributed by atoms with E-state index in [1.54, 1.807) is 0 Å². The topological polar surface area (TPSA) is 21.3 Å². The lowest BCUT2D eigenvalue weighted by Gasteiger charge is -2.34. The van der Waals surface area contributed by atoms with Gasteiger partial charge in [-0.1, -0.05) is 18.2 Å². The molecule has 0 radical (unpaired) electrons. The molecule has 1 aliphatic carbocycles. The summed E-state index contributed by atoms with van der Waals surface area (Å²) < 4.78 is 7.58. The zero-order chi connectivity index (χ0) is 14.3. The molecule has 1 aromatic carbocycles. The molecule has 112 valence electrons. The Morgan fingerprint density at radius 3 is 3.00 bits per heavy atom. The molecule has 4 rings (SSSR count). The molecule has 2 heterocycles. The number of nitrogens with one attached hydrogen (secondary N) is 1. The van der Waals surface area contributed by atoms with Crippen molar-refractivity contribution in [3.05, 3.63) is 35.2 Å². The molecule has 21 heavy (non-hydrogen) atoms. The summed E-state index contributed by atoms with van der Waals surface area (Å²) in [6, 6.07) is 8.80. The maximum Gasteiger partial charge on any atom is 0.0675 e. The fourth-order valence-corrected chi connectivity index (χ4v) is 5.05. The van der Waals surface area contributed by atoms with Crippen LogP contribution in [0, 0.1) is 11.3 Å². The van der Waals surface area contributed by atoms with Crippen LogP contribution in [0.4, 0.5) is 0 Å². The molecule has 3 heteroatoms. The van der Waals surface area contributed by atoms with Crippen molar-refractivity contribution in [3.8, 4) is 0 Å². The third kappa shape index (κ3) is 2.41. The summed E-state index contributed by atoms with van der Waals surface area (Å²) in [5, 5.41) is 7.26. The van der Waals surface area contributed by atoms with Gasteiger partial charge in [-0.25, -0.2) is 0 Å². The van der Waals surface area contributed by atoms with Gasteiger partial charge in [-0.2, -0.15) is 0 Å². The van der Waals surface area contributed by atoms with Crippen LogP contribution in [0.1, 0.15) is 24.8 Å². The van der Waals surface area contributed by atoms with Crippen LogP contribution in [0.5, 0.6) is 0 Å². The zero-order valence-corrected chi connectivity index (χ0v) is 13.4. The summed E-state index contributed by atoms with van der Waals surface area (Å²) in [4.78, 5) is 0. The molecule has 2 nitrogen and oxygen atoms in total. The van der Waals surface area contributed by atoms with Crippen LogP contribution in [-0.2, 0) is 11.2 Å². The van der Waals surface area contributed by atoms with Gasteiger partial charge in [0.25, 0.3) is 0 Å². The normalized spacial score (nSPS) is 29.3. The second-order valence-corrected chi connectivity index (χ2v) is 7.62. The third-order valence-electron chi connectivity index (χ3n) is 5.18. The quantitative estimate of drug-likeness (QED) is 0.906. The van der Waals surface area contributed by atoms with Gasteiger partial charge in [0.1, 0.15) is 0 Å². The van der Waals surface area contributed by atoms with Crippen LogP contribution in [0.25, 0.3) is 10.1 Å². The number of benzene rings is 1. The first kappa shape index (κ1) is 13.7. The number of hydrogen-bond donors (Lipinski definition) is 1. The molecule has 2 aliphatic rings. The number of fused-ring (bicyclic) bond motifs is 1. The Labute approximate surface area is 130 Å². The van der Waals surface area contributed by atoms with Gasteiger partial charge in [0.15, 0.2) is 0 Å². The standard InChI is InChI=1S/C18H23NOS/c1-19-12-18(8-9-20-17(18)13-6-7-13)10-14-11-21-16-5-3-2-4-15(14)16/h2-5,11,13,17,19H,6-10,12H2,1H3. The Morgan fingerprint density at radius 1 is 1.33 bits per heavy atom. The van der Waals surface area contributed by atoms with Gasteiger partial charge in [0.2, 0.25) is 0 Å². The predicted octanol–water partition coefficient (Wildman–Crippen LogP) is 3.85. The number of ether oxygens (including phenoxy) is 1. The van der Waals surface area contributed by atoms with Crippen molar-refractivity contribution in [2.45, 2.75) is 31.8 Å². The smallest absolute Gasteiger partial charge is 0.0675 e. The minimum atomic E-state index is 0.291. The Bertz CT molecular complexity index is 633. The lowest BCUT2D eigenvalue weighted by Crippen LogP contribution is -2.42. The van der Waals surface area contributed by atoms with E-state index in [1.807, 2.05) is 11.3 Å². The van der Waals surface area contributed by atoms with Gasteiger partial charge in [-0.05, 0) is 61.0 Å². The highest BCUT2D eigenvalue weighted by atomic mass is 32.1. The van der Waals surface area contributed by atoms with E-state index < -0.39 is 0 Å². The van der Waals surface area contributed by atoms with Crippen LogP contribution < -0.4 is 5.32 Å². The molecule has 1 N–H and O–H groups in total. The monoisotopic (exact) mass is 301 g/mol. The van der Waals surface area contributed by atoms with Crippen LogP contribution in [0.15, 0.2) is 29.6 Å². The molecule has 0 amide bonds. The highest BCUT2D eigenvalue weighted by Crippen LogP contribution is 2.49. The van der Waals surface area contributed by atoms with Crippen LogP contribution in [-0.4, -0.2) is 26.3 Å². The first-order valence-electron chi connectivity index (χ1n) is 8.04. The second kappa shape index (κ2) is 5.38. The van der Waals surface area contributed by atoms with Gasteiger partial charge in [0, 0.05) is 23.3 Å². The third-order valence-corrected chi connectivity index (χ3v) is 6.20. The highest BCUT2D eigenvalue weighted by molar-refractivity contribution is 7.17. The van der Waals surface area contributed by atoms with Crippen molar-refractivity contribution in [1.82, 2.24) is 5.32 Å². The Kier molecular flexibility index (Phi) is 3.52. The number of rotatable bonds is 5. The van der Waals surface area contributed by atoms with E-state index in [0.29, 0.717) is 11.5 Å². The average Bonchev–Trinajstić information content (AvgIpc) is 3.15. The van der Waals surface area contributed by atoms with Crippen molar-refractivity contribution in [2.24, 2.45) is 11.3 Å². The molecule has 2 unspecified atom stereocenters. The van der Waals surface area contributed by atoms with Crippen LogP contribution in [0.2, 0.25) is 0 Å². The molecule has 0 spiro atoms. The maximum atomic E-state index is 6.17. The summed E-state index contributed by atoms with van der Waals surface area (Å²) >= 11 is 1.88. The largest absolute Gasteiger partial charge is 0.377 e. The lowest BCUT2D eigenvalue weighted by atomic mass is 9.74. The number of thiophene rings is 1. The second-order valence-electron chi connectivity index (χ2n) is 6.71.